The minimum atomic E-state index is -0.590. The molecular weight excluding hydrogens is 278 g/mol. The van der Waals surface area contributed by atoms with Crippen LogP contribution in [0.3, 0.4) is 0 Å². The Morgan fingerprint density at radius 1 is 1.25 bits per heavy atom. The molecule has 0 unspecified atom stereocenters. The molecule has 0 N–H and O–H groups in total. The first-order valence-corrected chi connectivity index (χ1v) is 6.46. The molecule has 0 aliphatic rings. The number of aromatic nitrogens is 3. The van der Waals surface area contributed by atoms with Crippen molar-refractivity contribution in [3.63, 3.8) is 0 Å². The molecule has 0 aliphatic carbocycles. The first kappa shape index (κ1) is 14.4. The highest BCUT2D eigenvalue weighted by Crippen LogP contribution is 2.27. The van der Waals surface area contributed by atoms with E-state index in [0.29, 0.717) is 10.8 Å². The number of hydrogen-bond acceptors (Lipinski definition) is 4. The van der Waals surface area contributed by atoms with Gasteiger partial charge in [0.15, 0.2) is 0 Å². The van der Waals surface area contributed by atoms with Crippen LogP contribution in [-0.2, 0) is 0 Å². The van der Waals surface area contributed by atoms with Crippen LogP contribution in [0.5, 0.6) is 5.75 Å². The lowest BCUT2D eigenvalue weighted by atomic mass is 9.94. The van der Waals surface area contributed by atoms with Crippen LogP contribution in [0.15, 0.2) is 42.7 Å². The van der Waals surface area contributed by atoms with E-state index >= 15 is 0 Å². The molecule has 0 atom stereocenters. The molecule has 20 heavy (non-hydrogen) atoms. The summed E-state index contributed by atoms with van der Waals surface area (Å²) in [5, 5.41) is 17.0. The summed E-state index contributed by atoms with van der Waals surface area (Å²) in [6.07, 6.45) is 2.77. The fraction of sp³-hybridized carbons (Fsp3) is 0.286. The monoisotopic (exact) mass is 292 g/mol. The molecule has 0 fully saturated rings. The van der Waals surface area contributed by atoms with Crippen molar-refractivity contribution in [2.24, 2.45) is 5.41 Å². The molecule has 0 radical (unpaired) electrons. The van der Waals surface area contributed by atoms with Gasteiger partial charge in [-0.2, -0.15) is 9.78 Å². The third kappa shape index (κ3) is 3.30. The van der Waals surface area contributed by atoms with Crippen LogP contribution >= 0.6 is 11.6 Å². The lowest BCUT2D eigenvalue weighted by Gasteiger charge is -2.30. The van der Waals surface area contributed by atoms with Crippen LogP contribution in [0.25, 0.3) is 5.88 Å². The Morgan fingerprint density at radius 3 is 2.40 bits per heavy atom. The van der Waals surface area contributed by atoms with Gasteiger partial charge in [0.25, 0.3) is 0 Å². The topological polar surface area (TPSA) is 63.0 Å². The highest BCUT2D eigenvalue weighted by atomic mass is 35.5. The van der Waals surface area contributed by atoms with E-state index in [1.807, 2.05) is 20.8 Å². The van der Waals surface area contributed by atoms with E-state index in [2.05, 4.69) is 10.1 Å². The van der Waals surface area contributed by atoms with E-state index in [0.717, 1.165) is 0 Å². The molecule has 0 saturated carbocycles. The van der Waals surface area contributed by atoms with Crippen molar-refractivity contribution < 1.29 is 9.84 Å². The van der Waals surface area contributed by atoms with Crippen LogP contribution in [0.4, 0.5) is 0 Å². The Kier molecular flexibility index (Phi) is 3.99. The zero-order valence-corrected chi connectivity index (χ0v) is 12.3. The molecule has 0 amide bonds. The average molecular weight is 293 g/mol. The van der Waals surface area contributed by atoms with Crippen molar-refractivity contribution in [2.75, 3.05) is 0 Å². The highest BCUT2D eigenvalue weighted by molar-refractivity contribution is 6.30. The van der Waals surface area contributed by atoms with Crippen molar-refractivity contribution in [3.05, 3.63) is 47.7 Å². The molecule has 1 heterocycles. The first-order chi connectivity index (χ1) is 9.38. The molecule has 2 rings (SSSR count). The lowest BCUT2D eigenvalue weighted by Crippen LogP contribution is -2.26. The van der Waals surface area contributed by atoms with Gasteiger partial charge < -0.3 is 9.84 Å². The third-order valence-electron chi connectivity index (χ3n) is 2.53. The van der Waals surface area contributed by atoms with Gasteiger partial charge in [0.1, 0.15) is 18.4 Å². The Bertz CT molecular complexity index is 598. The van der Waals surface area contributed by atoms with Crippen LogP contribution in [0.1, 0.15) is 20.8 Å². The standard InChI is InChI=1S/C14H16ClN3O2/c1-14(2,3)12(19)13(18-9-16-8-17-18)20-11-6-4-10(15)5-7-11/h4-9,19H,1-3H3/p-1/b13-12-. The number of halogens is 1. The quantitative estimate of drug-likeness (QED) is 0.816. The van der Waals surface area contributed by atoms with Gasteiger partial charge >= 0.3 is 0 Å². The van der Waals surface area contributed by atoms with Gasteiger partial charge in [0.05, 0.1) is 0 Å². The number of benzene rings is 1. The van der Waals surface area contributed by atoms with E-state index in [-0.39, 0.29) is 11.6 Å². The normalized spacial score (nSPS) is 13.0. The van der Waals surface area contributed by atoms with Crippen molar-refractivity contribution >= 4 is 17.5 Å². The molecule has 6 heteroatoms. The van der Waals surface area contributed by atoms with Gasteiger partial charge in [0.2, 0.25) is 5.88 Å². The number of nitrogens with zero attached hydrogens (tertiary/aromatic N) is 3. The Morgan fingerprint density at radius 2 is 1.90 bits per heavy atom. The number of rotatable bonds is 3. The number of ether oxygens (including phenoxy) is 1. The minimum Gasteiger partial charge on any atom is -0.871 e. The minimum absolute atomic E-state index is 0.109. The van der Waals surface area contributed by atoms with E-state index < -0.39 is 5.41 Å². The fourth-order valence-corrected chi connectivity index (χ4v) is 1.57. The Balaban J connectivity index is 2.41. The summed E-state index contributed by atoms with van der Waals surface area (Å²) in [5.74, 6) is 0.452. The van der Waals surface area contributed by atoms with Crippen molar-refractivity contribution in [1.82, 2.24) is 14.8 Å². The van der Waals surface area contributed by atoms with E-state index in [1.54, 1.807) is 24.3 Å². The largest absolute Gasteiger partial charge is 0.871 e. The summed E-state index contributed by atoms with van der Waals surface area (Å²) in [5.41, 5.74) is -0.590. The lowest BCUT2D eigenvalue weighted by molar-refractivity contribution is -0.323. The molecule has 106 valence electrons. The molecule has 2 aromatic rings. The van der Waals surface area contributed by atoms with Gasteiger partial charge in [-0.15, -0.1) is 0 Å². The predicted molar refractivity (Wildman–Crippen MR) is 74.8 cm³/mol. The van der Waals surface area contributed by atoms with E-state index in [9.17, 15) is 5.11 Å². The molecule has 1 aromatic carbocycles. The Labute approximate surface area is 122 Å². The summed E-state index contributed by atoms with van der Waals surface area (Å²) in [7, 11) is 0. The Hall–Kier alpha value is -2.01. The smallest absolute Gasteiger partial charge is 0.210 e. The second kappa shape index (κ2) is 5.54. The third-order valence-corrected chi connectivity index (χ3v) is 2.78. The summed E-state index contributed by atoms with van der Waals surface area (Å²) in [6, 6.07) is 6.76. The van der Waals surface area contributed by atoms with E-state index in [4.69, 9.17) is 16.3 Å². The van der Waals surface area contributed by atoms with Crippen LogP contribution in [0, 0.1) is 5.41 Å². The average Bonchev–Trinajstić information content (AvgIpc) is 2.90. The molecular formula is C14H15ClN3O2-. The molecule has 5 nitrogen and oxygen atoms in total. The summed E-state index contributed by atoms with van der Waals surface area (Å²) < 4.78 is 6.99. The summed E-state index contributed by atoms with van der Waals surface area (Å²) >= 11 is 5.83. The predicted octanol–water partition coefficient (Wildman–Crippen LogP) is 2.54. The molecule has 0 aliphatic heterocycles. The number of allylic oxidation sites excluding steroid dienone is 1. The van der Waals surface area contributed by atoms with Gasteiger partial charge in [-0.3, -0.25) is 0 Å². The first-order valence-electron chi connectivity index (χ1n) is 6.08. The van der Waals surface area contributed by atoms with E-state index in [1.165, 1.54) is 17.3 Å². The second-order valence-corrected chi connectivity index (χ2v) is 5.72. The van der Waals surface area contributed by atoms with Gasteiger partial charge in [-0.25, -0.2) is 4.98 Å². The maximum Gasteiger partial charge on any atom is 0.210 e. The van der Waals surface area contributed by atoms with Crippen LogP contribution in [0.2, 0.25) is 5.02 Å². The van der Waals surface area contributed by atoms with Gasteiger partial charge in [0, 0.05) is 5.02 Å². The molecule has 0 spiro atoms. The number of hydrogen-bond donors (Lipinski definition) is 0. The summed E-state index contributed by atoms with van der Waals surface area (Å²) in [6.45, 7) is 5.45. The highest BCUT2D eigenvalue weighted by Gasteiger charge is 2.17. The molecule has 0 bridgehead atoms. The molecule has 1 aromatic heterocycles. The zero-order valence-electron chi connectivity index (χ0n) is 11.5. The second-order valence-electron chi connectivity index (χ2n) is 5.28. The maximum absolute atomic E-state index is 12.5. The maximum atomic E-state index is 12.5. The van der Waals surface area contributed by atoms with Gasteiger partial charge in [-0.05, 0) is 29.7 Å². The summed E-state index contributed by atoms with van der Waals surface area (Å²) in [4.78, 5) is 3.84. The van der Waals surface area contributed by atoms with Crippen LogP contribution in [-0.4, -0.2) is 14.8 Å². The zero-order chi connectivity index (χ0) is 14.8. The van der Waals surface area contributed by atoms with Crippen molar-refractivity contribution in [3.8, 4) is 5.75 Å². The molecule has 0 saturated heterocycles. The fourth-order valence-electron chi connectivity index (χ4n) is 1.45. The van der Waals surface area contributed by atoms with Crippen LogP contribution < -0.4 is 9.84 Å². The van der Waals surface area contributed by atoms with Crippen molar-refractivity contribution in [2.45, 2.75) is 20.8 Å². The SMILES string of the molecule is CC(C)(C)/C([O-])=C(/Oc1ccc(Cl)cc1)n1cncn1. The van der Waals surface area contributed by atoms with Gasteiger partial charge in [-0.1, -0.05) is 38.1 Å². The van der Waals surface area contributed by atoms with Crippen molar-refractivity contribution in [1.29, 1.82) is 0 Å².